The molecule has 0 aliphatic carbocycles. The van der Waals surface area contributed by atoms with Crippen LogP contribution in [0.25, 0.3) is 11.0 Å². The molecule has 0 radical (unpaired) electrons. The maximum Gasteiger partial charge on any atom is 0.336 e. The van der Waals surface area contributed by atoms with Gasteiger partial charge in [-0.3, -0.25) is 4.79 Å². The van der Waals surface area contributed by atoms with Gasteiger partial charge in [0.2, 0.25) is 15.9 Å². The molecular weight excluding hydrogens is 344 g/mol. The van der Waals surface area contributed by atoms with Crippen molar-refractivity contribution in [2.75, 3.05) is 0 Å². The monoisotopic (exact) mass is 358 g/mol. The Hall–Kier alpha value is -2.97. The van der Waals surface area contributed by atoms with Crippen LogP contribution in [-0.2, 0) is 14.8 Å². The molecule has 3 aromatic rings. The van der Waals surface area contributed by atoms with Crippen molar-refractivity contribution >= 4 is 26.9 Å². The molecule has 25 heavy (non-hydrogen) atoms. The highest BCUT2D eigenvalue weighted by molar-refractivity contribution is 7.89. The minimum absolute atomic E-state index is 0.0731. The molecule has 7 nitrogen and oxygen atoms in total. The number of hydrogen-bond acceptors (Lipinski definition) is 5. The van der Waals surface area contributed by atoms with Crippen molar-refractivity contribution in [2.24, 2.45) is 5.73 Å². The zero-order chi connectivity index (χ0) is 18.0. The lowest BCUT2D eigenvalue weighted by Gasteiger charge is -2.16. The lowest BCUT2D eigenvalue weighted by atomic mass is 10.1. The molecule has 3 N–H and O–H groups in total. The Morgan fingerprint density at radius 3 is 2.44 bits per heavy atom. The number of fused-ring (bicyclic) bond motifs is 1. The highest BCUT2D eigenvalue weighted by Crippen LogP contribution is 2.20. The van der Waals surface area contributed by atoms with Gasteiger partial charge in [0.15, 0.2) is 0 Å². The number of carbonyl (C=O) groups excluding carboxylic acids is 1. The van der Waals surface area contributed by atoms with Crippen LogP contribution in [0.15, 0.2) is 74.8 Å². The van der Waals surface area contributed by atoms with Crippen LogP contribution in [0.4, 0.5) is 0 Å². The molecule has 1 unspecified atom stereocenters. The molecule has 0 fully saturated rings. The Bertz CT molecular complexity index is 1090. The topological polar surface area (TPSA) is 119 Å². The maximum atomic E-state index is 12.6. The van der Waals surface area contributed by atoms with E-state index in [0.717, 1.165) is 0 Å². The third-order valence-corrected chi connectivity index (χ3v) is 5.01. The molecule has 2 aromatic carbocycles. The Kier molecular flexibility index (Phi) is 4.39. The van der Waals surface area contributed by atoms with Crippen molar-refractivity contribution in [2.45, 2.75) is 10.9 Å². The van der Waals surface area contributed by atoms with Gasteiger partial charge in [-0.05, 0) is 29.8 Å². The van der Waals surface area contributed by atoms with Crippen molar-refractivity contribution in [3.05, 3.63) is 76.6 Å². The Morgan fingerprint density at radius 2 is 1.76 bits per heavy atom. The molecule has 0 bridgehead atoms. The van der Waals surface area contributed by atoms with Gasteiger partial charge in [-0.25, -0.2) is 13.2 Å². The summed E-state index contributed by atoms with van der Waals surface area (Å²) in [6, 6.07) is 13.8. The van der Waals surface area contributed by atoms with Gasteiger partial charge in [-0.15, -0.1) is 0 Å². The summed E-state index contributed by atoms with van der Waals surface area (Å²) in [7, 11) is -4.02. The molecule has 1 atom stereocenters. The van der Waals surface area contributed by atoms with E-state index in [1.165, 1.54) is 30.3 Å². The summed E-state index contributed by atoms with van der Waals surface area (Å²) in [6.07, 6.45) is 0. The minimum atomic E-state index is -4.02. The number of rotatable bonds is 5. The smallest absolute Gasteiger partial charge is 0.336 e. The van der Waals surface area contributed by atoms with E-state index in [-0.39, 0.29) is 10.5 Å². The van der Waals surface area contributed by atoms with Crippen LogP contribution in [0.2, 0.25) is 0 Å². The highest BCUT2D eigenvalue weighted by atomic mass is 32.2. The highest BCUT2D eigenvalue weighted by Gasteiger charge is 2.25. The summed E-state index contributed by atoms with van der Waals surface area (Å²) in [5.74, 6) is -0.818. The fraction of sp³-hybridized carbons (Fsp3) is 0.0588. The quantitative estimate of drug-likeness (QED) is 0.666. The van der Waals surface area contributed by atoms with Crippen LogP contribution in [0.3, 0.4) is 0 Å². The second-order valence-corrected chi connectivity index (χ2v) is 7.04. The maximum absolute atomic E-state index is 12.6. The van der Waals surface area contributed by atoms with Crippen molar-refractivity contribution in [3.63, 3.8) is 0 Å². The molecule has 3 rings (SSSR count). The van der Waals surface area contributed by atoms with E-state index in [2.05, 4.69) is 4.72 Å². The van der Waals surface area contributed by atoms with Gasteiger partial charge in [0.1, 0.15) is 11.6 Å². The predicted molar refractivity (Wildman–Crippen MR) is 91.2 cm³/mol. The molecule has 0 aliphatic heterocycles. The van der Waals surface area contributed by atoms with Gasteiger partial charge < -0.3 is 10.2 Å². The van der Waals surface area contributed by atoms with E-state index < -0.39 is 27.6 Å². The fourth-order valence-corrected chi connectivity index (χ4v) is 3.60. The molecule has 1 aromatic heterocycles. The second kappa shape index (κ2) is 6.50. The first-order valence-corrected chi connectivity index (χ1v) is 8.76. The van der Waals surface area contributed by atoms with Gasteiger partial charge in [0, 0.05) is 11.5 Å². The lowest BCUT2D eigenvalue weighted by molar-refractivity contribution is -0.119. The van der Waals surface area contributed by atoms with Crippen LogP contribution < -0.4 is 16.1 Å². The van der Waals surface area contributed by atoms with Crippen molar-refractivity contribution < 1.29 is 17.6 Å². The van der Waals surface area contributed by atoms with Crippen molar-refractivity contribution in [1.82, 2.24) is 4.72 Å². The Balaban J connectivity index is 1.99. The number of hydrogen-bond donors (Lipinski definition) is 2. The van der Waals surface area contributed by atoms with Crippen molar-refractivity contribution in [1.29, 1.82) is 0 Å². The summed E-state index contributed by atoms with van der Waals surface area (Å²) < 4.78 is 32.5. The van der Waals surface area contributed by atoms with E-state index in [0.29, 0.717) is 10.9 Å². The van der Waals surface area contributed by atoms with Gasteiger partial charge in [-0.2, -0.15) is 4.72 Å². The Morgan fingerprint density at radius 1 is 1.04 bits per heavy atom. The first-order valence-electron chi connectivity index (χ1n) is 7.27. The van der Waals surface area contributed by atoms with E-state index in [4.69, 9.17) is 10.2 Å². The lowest BCUT2D eigenvalue weighted by Crippen LogP contribution is -2.37. The number of amides is 1. The van der Waals surface area contributed by atoms with E-state index in [9.17, 15) is 18.0 Å². The summed E-state index contributed by atoms with van der Waals surface area (Å²) in [4.78, 5) is 22.8. The molecule has 0 aliphatic rings. The standard InChI is InChI=1S/C17H14N2O5S/c18-17(21)16(11-4-2-1-3-5-11)19-25(22,23)13-7-8-14-12(10-13)6-9-15(20)24-14/h1-10,16,19H,(H2,18,21). The number of sulfonamides is 1. The van der Waals surface area contributed by atoms with E-state index in [1.54, 1.807) is 30.3 Å². The van der Waals surface area contributed by atoms with Crippen LogP contribution in [-0.4, -0.2) is 14.3 Å². The molecule has 8 heteroatoms. The normalized spacial score (nSPS) is 12.8. The zero-order valence-electron chi connectivity index (χ0n) is 12.9. The zero-order valence-corrected chi connectivity index (χ0v) is 13.7. The van der Waals surface area contributed by atoms with E-state index in [1.807, 2.05) is 0 Å². The summed E-state index contributed by atoms with van der Waals surface area (Å²) in [5, 5.41) is 0.442. The minimum Gasteiger partial charge on any atom is -0.423 e. The number of primary amides is 1. The van der Waals surface area contributed by atoms with Crippen LogP contribution in [0, 0.1) is 0 Å². The SMILES string of the molecule is NC(=O)C(NS(=O)(=O)c1ccc2oc(=O)ccc2c1)c1ccccc1. The number of carbonyl (C=O) groups is 1. The molecule has 128 valence electrons. The molecule has 0 spiro atoms. The van der Waals surface area contributed by atoms with Gasteiger partial charge in [-0.1, -0.05) is 30.3 Å². The van der Waals surface area contributed by atoms with Crippen LogP contribution in [0.1, 0.15) is 11.6 Å². The molecular formula is C17H14N2O5S. The molecule has 0 saturated carbocycles. The third kappa shape index (κ3) is 3.59. The fourth-order valence-electron chi connectivity index (χ4n) is 2.38. The average Bonchev–Trinajstić information content (AvgIpc) is 2.59. The summed E-state index contributed by atoms with van der Waals surface area (Å²) >= 11 is 0. The van der Waals surface area contributed by atoms with Crippen LogP contribution >= 0.6 is 0 Å². The van der Waals surface area contributed by atoms with E-state index >= 15 is 0 Å². The van der Waals surface area contributed by atoms with Gasteiger partial charge >= 0.3 is 5.63 Å². The summed E-state index contributed by atoms with van der Waals surface area (Å²) in [5.41, 5.74) is 5.52. The van der Waals surface area contributed by atoms with Gasteiger partial charge in [0.25, 0.3) is 0 Å². The second-order valence-electron chi connectivity index (χ2n) is 5.32. The number of nitrogens with two attached hydrogens (primary N) is 1. The molecule has 1 heterocycles. The first-order chi connectivity index (χ1) is 11.9. The third-order valence-electron chi connectivity index (χ3n) is 3.59. The average molecular weight is 358 g/mol. The first kappa shape index (κ1) is 16.9. The molecule has 1 amide bonds. The number of nitrogens with one attached hydrogen (secondary N) is 1. The van der Waals surface area contributed by atoms with Crippen LogP contribution in [0.5, 0.6) is 0 Å². The number of benzene rings is 2. The van der Waals surface area contributed by atoms with Gasteiger partial charge in [0.05, 0.1) is 4.90 Å². The summed E-state index contributed by atoms with van der Waals surface area (Å²) in [6.45, 7) is 0. The molecule has 0 saturated heterocycles. The Labute approximate surface area is 143 Å². The predicted octanol–water partition coefficient (Wildman–Crippen LogP) is 1.30. The van der Waals surface area contributed by atoms with Crippen molar-refractivity contribution in [3.8, 4) is 0 Å². The largest absolute Gasteiger partial charge is 0.423 e.